The molecule has 0 aromatic carbocycles. The van der Waals surface area contributed by atoms with Crippen LogP contribution in [0.4, 0.5) is 0 Å². The minimum Gasteiger partial charge on any atom is -0.480 e. The van der Waals surface area contributed by atoms with Crippen molar-refractivity contribution in [3.8, 4) is 0 Å². The third kappa shape index (κ3) is 3.61. The van der Waals surface area contributed by atoms with Crippen LogP contribution in [0.15, 0.2) is 0 Å². The molecule has 4 heteroatoms. The van der Waals surface area contributed by atoms with Crippen molar-refractivity contribution in [1.29, 1.82) is 0 Å². The Morgan fingerprint density at radius 2 is 1.62 bits per heavy atom. The van der Waals surface area contributed by atoms with Crippen LogP contribution in [0.1, 0.15) is 47.5 Å². The molecule has 0 aliphatic heterocycles. The number of carbonyl (C=O) groups is 2. The summed E-state index contributed by atoms with van der Waals surface area (Å²) in [6.07, 6.45) is 0.712. The first kappa shape index (κ1) is 18.0. The van der Waals surface area contributed by atoms with E-state index < -0.39 is 11.4 Å². The molecule has 16 heavy (non-hydrogen) atoms. The number of aliphatic carboxylic acids is 1. The molecule has 0 saturated carbocycles. The fourth-order valence-electron chi connectivity index (χ4n) is 2.00. The number of Topliss-reactive ketones (excluding diaryl/α,β-unsaturated/α-hetero) is 1. The number of rotatable bonds is 6. The second-order valence-electron chi connectivity index (χ2n) is 4.81. The van der Waals surface area contributed by atoms with E-state index in [1.807, 2.05) is 13.8 Å². The van der Waals surface area contributed by atoms with Gasteiger partial charge in [0.15, 0.2) is 23.1 Å². The molecular weight excluding hydrogens is 219 g/mol. The standard InChI is InChI=1S/C12H22O3.Al.3H/c1-6-12(9(4)5,11(14)15)10(13)7-8(2)3;;;;/h8-9H,6-7H2,1-5H3,(H,14,15);;;;. The normalized spacial score (nSPS) is 14.4. The molecule has 0 saturated heterocycles. The summed E-state index contributed by atoms with van der Waals surface area (Å²) in [5.74, 6) is -1.07. The maximum atomic E-state index is 12.0. The Bertz CT molecular complexity index is 249. The monoisotopic (exact) mass is 244 g/mol. The second-order valence-corrected chi connectivity index (χ2v) is 4.81. The maximum absolute atomic E-state index is 12.0. The van der Waals surface area contributed by atoms with Crippen LogP contribution in [0.5, 0.6) is 0 Å². The van der Waals surface area contributed by atoms with E-state index in [0.29, 0.717) is 12.8 Å². The molecule has 0 spiro atoms. The van der Waals surface area contributed by atoms with Crippen LogP contribution >= 0.6 is 0 Å². The van der Waals surface area contributed by atoms with Crippen LogP contribution in [-0.2, 0) is 9.59 Å². The van der Waals surface area contributed by atoms with Crippen molar-refractivity contribution in [2.45, 2.75) is 47.5 Å². The van der Waals surface area contributed by atoms with E-state index in [9.17, 15) is 14.7 Å². The minimum absolute atomic E-state index is 0. The number of ketones is 1. The summed E-state index contributed by atoms with van der Waals surface area (Å²) in [5, 5.41) is 9.26. The van der Waals surface area contributed by atoms with Gasteiger partial charge >= 0.3 is 5.97 Å². The Kier molecular flexibility index (Phi) is 7.99. The summed E-state index contributed by atoms with van der Waals surface area (Å²) in [6, 6.07) is 0. The molecular formula is C12H25AlO3. The Balaban J connectivity index is 0. The molecule has 94 valence electrons. The molecule has 0 aromatic rings. The fourth-order valence-corrected chi connectivity index (χ4v) is 2.00. The average molecular weight is 244 g/mol. The van der Waals surface area contributed by atoms with Gasteiger partial charge in [-0.3, -0.25) is 9.59 Å². The molecule has 1 N–H and O–H groups in total. The number of carboxylic acids is 1. The number of carboxylic acid groups (broad SMARTS) is 1. The summed E-state index contributed by atoms with van der Waals surface area (Å²) >= 11 is 0. The van der Waals surface area contributed by atoms with Crippen molar-refractivity contribution in [2.24, 2.45) is 17.3 Å². The first-order chi connectivity index (χ1) is 6.78. The quantitative estimate of drug-likeness (QED) is 0.570. The van der Waals surface area contributed by atoms with E-state index in [0.717, 1.165) is 0 Å². The van der Waals surface area contributed by atoms with Crippen LogP contribution in [0, 0.1) is 17.3 Å². The van der Waals surface area contributed by atoms with Gasteiger partial charge in [0, 0.05) is 6.42 Å². The lowest BCUT2D eigenvalue weighted by Crippen LogP contribution is -2.43. The van der Waals surface area contributed by atoms with Gasteiger partial charge < -0.3 is 5.11 Å². The zero-order valence-electron chi connectivity index (χ0n) is 10.3. The van der Waals surface area contributed by atoms with Gasteiger partial charge in [-0.25, -0.2) is 0 Å². The van der Waals surface area contributed by atoms with Gasteiger partial charge in [0.2, 0.25) is 0 Å². The van der Waals surface area contributed by atoms with Crippen LogP contribution in [-0.4, -0.2) is 34.2 Å². The van der Waals surface area contributed by atoms with Crippen molar-refractivity contribution in [3.05, 3.63) is 0 Å². The van der Waals surface area contributed by atoms with Crippen molar-refractivity contribution in [2.75, 3.05) is 0 Å². The topological polar surface area (TPSA) is 54.4 Å². The van der Waals surface area contributed by atoms with Gasteiger partial charge in [-0.1, -0.05) is 34.6 Å². The van der Waals surface area contributed by atoms with E-state index in [-0.39, 0.29) is 35.0 Å². The van der Waals surface area contributed by atoms with Gasteiger partial charge in [-0.15, -0.1) is 0 Å². The summed E-state index contributed by atoms with van der Waals surface area (Å²) < 4.78 is 0. The fraction of sp³-hybridized carbons (Fsp3) is 0.833. The van der Waals surface area contributed by atoms with Crippen LogP contribution < -0.4 is 0 Å². The smallest absolute Gasteiger partial charge is 0.317 e. The summed E-state index contributed by atoms with van der Waals surface area (Å²) in [5.41, 5.74) is -1.19. The molecule has 3 nitrogen and oxygen atoms in total. The van der Waals surface area contributed by atoms with Gasteiger partial charge in [-0.2, -0.15) is 0 Å². The lowest BCUT2D eigenvalue weighted by Gasteiger charge is -2.31. The van der Waals surface area contributed by atoms with Gasteiger partial charge in [0.05, 0.1) is 0 Å². The van der Waals surface area contributed by atoms with E-state index in [4.69, 9.17) is 0 Å². The summed E-state index contributed by atoms with van der Waals surface area (Å²) in [4.78, 5) is 23.3. The molecule has 0 fully saturated rings. The Morgan fingerprint density at radius 1 is 1.19 bits per heavy atom. The molecule has 0 aliphatic carbocycles. The van der Waals surface area contributed by atoms with E-state index in [1.54, 1.807) is 20.8 Å². The van der Waals surface area contributed by atoms with Crippen molar-refractivity contribution < 1.29 is 14.7 Å². The highest BCUT2D eigenvalue weighted by atomic mass is 27.0. The highest BCUT2D eigenvalue weighted by Gasteiger charge is 2.46. The lowest BCUT2D eigenvalue weighted by molar-refractivity contribution is -0.159. The molecule has 1 atom stereocenters. The van der Waals surface area contributed by atoms with Crippen molar-refractivity contribution in [3.63, 3.8) is 0 Å². The predicted octanol–water partition coefficient (Wildman–Crippen LogP) is 1.55. The molecule has 0 aromatic heterocycles. The van der Waals surface area contributed by atoms with Gasteiger partial charge in [0.25, 0.3) is 0 Å². The molecule has 1 unspecified atom stereocenters. The molecule has 0 radical (unpaired) electrons. The van der Waals surface area contributed by atoms with Gasteiger partial charge in [-0.05, 0) is 18.3 Å². The predicted molar refractivity (Wildman–Crippen MR) is 69.6 cm³/mol. The zero-order chi connectivity index (χ0) is 12.2. The van der Waals surface area contributed by atoms with Crippen molar-refractivity contribution in [1.82, 2.24) is 0 Å². The third-order valence-electron chi connectivity index (χ3n) is 3.02. The van der Waals surface area contributed by atoms with Crippen LogP contribution in [0.2, 0.25) is 0 Å². The van der Waals surface area contributed by atoms with Gasteiger partial charge in [0.1, 0.15) is 5.41 Å². The lowest BCUT2D eigenvalue weighted by atomic mass is 9.70. The van der Waals surface area contributed by atoms with Crippen molar-refractivity contribution >= 4 is 29.1 Å². The van der Waals surface area contributed by atoms with E-state index >= 15 is 0 Å². The zero-order valence-corrected chi connectivity index (χ0v) is 10.3. The number of carbonyl (C=O) groups excluding carboxylic acids is 1. The molecule has 0 amide bonds. The van der Waals surface area contributed by atoms with E-state index in [1.165, 1.54) is 0 Å². The summed E-state index contributed by atoms with van der Waals surface area (Å²) in [6.45, 7) is 9.24. The Labute approximate surface area is 109 Å². The maximum Gasteiger partial charge on any atom is 0.317 e. The van der Waals surface area contributed by atoms with E-state index in [2.05, 4.69) is 0 Å². The number of hydrogen-bond acceptors (Lipinski definition) is 2. The Morgan fingerprint density at radius 3 is 1.81 bits per heavy atom. The molecule has 0 aliphatic rings. The molecule has 0 rings (SSSR count). The van der Waals surface area contributed by atoms with Crippen LogP contribution in [0.3, 0.4) is 0 Å². The first-order valence-corrected chi connectivity index (χ1v) is 5.55. The molecule has 0 heterocycles. The number of hydrogen-bond donors (Lipinski definition) is 1. The second kappa shape index (κ2) is 7.09. The average Bonchev–Trinajstić information content (AvgIpc) is 2.02. The van der Waals surface area contributed by atoms with Crippen LogP contribution in [0.25, 0.3) is 0 Å². The highest BCUT2D eigenvalue weighted by Crippen LogP contribution is 2.35. The minimum atomic E-state index is -1.19. The third-order valence-corrected chi connectivity index (χ3v) is 3.02. The molecule has 0 bridgehead atoms. The highest BCUT2D eigenvalue weighted by molar-refractivity contribution is 6.03. The first-order valence-electron chi connectivity index (χ1n) is 5.55. The Hall–Kier alpha value is -0.328. The summed E-state index contributed by atoms with van der Waals surface area (Å²) in [7, 11) is 0. The SMILES string of the molecule is CCC(C(=O)O)(C(=O)CC(C)C)C(C)C.[AlH3]. The largest absolute Gasteiger partial charge is 0.480 e.